The van der Waals surface area contributed by atoms with Crippen molar-refractivity contribution < 1.29 is 18.4 Å². The molecule has 166 valence electrons. The lowest BCUT2D eigenvalue weighted by Gasteiger charge is -2.35. The lowest BCUT2D eigenvalue weighted by Crippen LogP contribution is -2.50. The summed E-state index contributed by atoms with van der Waals surface area (Å²) in [6.45, 7) is 3.42. The summed E-state index contributed by atoms with van der Waals surface area (Å²) in [4.78, 5) is 28.4. The van der Waals surface area contributed by atoms with Gasteiger partial charge in [-0.3, -0.25) is 9.59 Å². The summed E-state index contributed by atoms with van der Waals surface area (Å²) in [6.07, 6.45) is 0.566. The van der Waals surface area contributed by atoms with E-state index in [9.17, 15) is 14.0 Å². The molecule has 4 rings (SSSR count). The first kappa shape index (κ1) is 22.0. The van der Waals surface area contributed by atoms with Gasteiger partial charge in [0.25, 0.3) is 5.91 Å². The molecule has 3 aromatic rings. The van der Waals surface area contributed by atoms with Gasteiger partial charge in [0, 0.05) is 49.6 Å². The Balaban J connectivity index is 1.28. The van der Waals surface area contributed by atoms with Crippen LogP contribution in [-0.4, -0.2) is 58.0 Å². The lowest BCUT2D eigenvalue weighted by molar-refractivity contribution is -0.132. The van der Waals surface area contributed by atoms with Crippen molar-refractivity contribution in [3.05, 3.63) is 70.3 Å². The number of hydrogen-bond donors (Lipinski definition) is 0. The van der Waals surface area contributed by atoms with Gasteiger partial charge in [0.15, 0.2) is 0 Å². The number of nitrogens with zero attached hydrogens (tertiary/aromatic N) is 4. The summed E-state index contributed by atoms with van der Waals surface area (Å²) < 4.78 is 19.7. The standard InChI is InChI=1S/C23H22ClFN4O3/c1-15-2-4-16(5-3-15)22-27-26-20(32-22)8-9-21(30)28-10-12-29(13-11-28)23(31)18-14-17(24)6-7-19(18)25/h2-7,14H,8-13H2,1H3. The van der Waals surface area contributed by atoms with Crippen LogP contribution in [0, 0.1) is 12.7 Å². The first-order valence-electron chi connectivity index (χ1n) is 10.3. The molecule has 9 heteroatoms. The van der Waals surface area contributed by atoms with Crippen LogP contribution in [0.1, 0.15) is 28.2 Å². The minimum atomic E-state index is -0.609. The van der Waals surface area contributed by atoms with E-state index < -0.39 is 11.7 Å². The largest absolute Gasteiger partial charge is 0.421 e. The topological polar surface area (TPSA) is 79.5 Å². The van der Waals surface area contributed by atoms with Crippen molar-refractivity contribution in [3.8, 4) is 11.5 Å². The molecule has 0 saturated carbocycles. The second kappa shape index (κ2) is 9.48. The van der Waals surface area contributed by atoms with E-state index >= 15 is 0 Å². The zero-order valence-electron chi connectivity index (χ0n) is 17.6. The van der Waals surface area contributed by atoms with Crippen LogP contribution in [0.15, 0.2) is 46.9 Å². The smallest absolute Gasteiger partial charge is 0.257 e. The molecule has 7 nitrogen and oxygen atoms in total. The second-order valence-electron chi connectivity index (χ2n) is 7.66. The fourth-order valence-corrected chi connectivity index (χ4v) is 3.70. The van der Waals surface area contributed by atoms with Gasteiger partial charge in [-0.1, -0.05) is 29.3 Å². The fraction of sp³-hybridized carbons (Fsp3) is 0.304. The molecule has 32 heavy (non-hydrogen) atoms. The molecule has 1 aliphatic rings. The first-order chi connectivity index (χ1) is 15.4. The average molecular weight is 457 g/mol. The summed E-state index contributed by atoms with van der Waals surface area (Å²) in [5.41, 5.74) is 1.91. The lowest BCUT2D eigenvalue weighted by atomic mass is 10.1. The molecule has 0 N–H and O–H groups in total. The van der Waals surface area contributed by atoms with Crippen LogP contribution in [-0.2, 0) is 11.2 Å². The van der Waals surface area contributed by atoms with Crippen molar-refractivity contribution in [2.75, 3.05) is 26.2 Å². The number of rotatable bonds is 5. The van der Waals surface area contributed by atoms with E-state index in [0.717, 1.165) is 11.1 Å². The third kappa shape index (κ3) is 4.96. The second-order valence-corrected chi connectivity index (χ2v) is 8.10. The minimum absolute atomic E-state index is 0.0545. The summed E-state index contributed by atoms with van der Waals surface area (Å²) in [5, 5.41) is 8.38. The molecule has 2 aromatic carbocycles. The van der Waals surface area contributed by atoms with Gasteiger partial charge >= 0.3 is 0 Å². The van der Waals surface area contributed by atoms with E-state index in [1.54, 1.807) is 4.90 Å². The number of aryl methyl sites for hydroxylation is 2. The highest BCUT2D eigenvalue weighted by atomic mass is 35.5. The van der Waals surface area contributed by atoms with E-state index in [1.165, 1.54) is 23.1 Å². The highest BCUT2D eigenvalue weighted by Gasteiger charge is 2.26. The SMILES string of the molecule is Cc1ccc(-c2nnc(CCC(=O)N3CCN(C(=O)c4cc(Cl)ccc4F)CC3)o2)cc1. The zero-order valence-corrected chi connectivity index (χ0v) is 18.3. The quantitative estimate of drug-likeness (QED) is 0.584. The molecule has 1 fully saturated rings. The Kier molecular flexibility index (Phi) is 6.50. The maximum Gasteiger partial charge on any atom is 0.257 e. The normalized spacial score (nSPS) is 14.0. The van der Waals surface area contributed by atoms with Gasteiger partial charge in [-0.2, -0.15) is 0 Å². The van der Waals surface area contributed by atoms with Crippen molar-refractivity contribution in [2.45, 2.75) is 19.8 Å². The van der Waals surface area contributed by atoms with Gasteiger partial charge in [-0.15, -0.1) is 10.2 Å². The van der Waals surface area contributed by atoms with Crippen LogP contribution in [0.5, 0.6) is 0 Å². The molecule has 0 radical (unpaired) electrons. The third-order valence-electron chi connectivity index (χ3n) is 5.40. The summed E-state index contributed by atoms with van der Waals surface area (Å²) in [6, 6.07) is 11.7. The average Bonchev–Trinajstić information content (AvgIpc) is 3.28. The molecule has 0 bridgehead atoms. The van der Waals surface area contributed by atoms with Gasteiger partial charge < -0.3 is 14.2 Å². The molecule has 0 aliphatic carbocycles. The highest BCUT2D eigenvalue weighted by Crippen LogP contribution is 2.20. The molecule has 0 unspecified atom stereocenters. The first-order valence-corrected chi connectivity index (χ1v) is 10.7. The molecule has 2 amide bonds. The predicted molar refractivity (Wildman–Crippen MR) is 117 cm³/mol. The van der Waals surface area contributed by atoms with E-state index in [-0.39, 0.29) is 17.9 Å². The van der Waals surface area contributed by atoms with E-state index in [2.05, 4.69) is 10.2 Å². The number of hydrogen-bond acceptors (Lipinski definition) is 5. The molecule has 1 aromatic heterocycles. The van der Waals surface area contributed by atoms with Crippen molar-refractivity contribution in [1.29, 1.82) is 0 Å². The summed E-state index contributed by atoms with van der Waals surface area (Å²) in [7, 11) is 0. The van der Waals surface area contributed by atoms with Crippen molar-refractivity contribution in [3.63, 3.8) is 0 Å². The molecular formula is C23H22ClFN4O3. The Hall–Kier alpha value is -3.26. The van der Waals surface area contributed by atoms with Crippen LogP contribution < -0.4 is 0 Å². The number of halogens is 2. The number of carbonyl (C=O) groups excluding carboxylic acids is 2. The molecule has 2 heterocycles. The van der Waals surface area contributed by atoms with Crippen molar-refractivity contribution >= 4 is 23.4 Å². The third-order valence-corrected chi connectivity index (χ3v) is 5.63. The van der Waals surface area contributed by atoms with Crippen LogP contribution in [0.25, 0.3) is 11.5 Å². The Labute approximate surface area is 189 Å². The number of aromatic nitrogens is 2. The van der Waals surface area contributed by atoms with E-state index in [0.29, 0.717) is 49.4 Å². The zero-order chi connectivity index (χ0) is 22.7. The Morgan fingerprint density at radius 2 is 1.72 bits per heavy atom. The maximum absolute atomic E-state index is 14.0. The molecule has 1 saturated heterocycles. The van der Waals surface area contributed by atoms with E-state index in [4.69, 9.17) is 16.0 Å². The highest BCUT2D eigenvalue weighted by molar-refractivity contribution is 6.31. The molecule has 0 spiro atoms. The van der Waals surface area contributed by atoms with Gasteiger partial charge in [-0.25, -0.2) is 4.39 Å². The van der Waals surface area contributed by atoms with Crippen molar-refractivity contribution in [2.24, 2.45) is 0 Å². The summed E-state index contributed by atoms with van der Waals surface area (Å²) in [5.74, 6) is -0.262. The van der Waals surface area contributed by atoms with Crippen LogP contribution >= 0.6 is 11.6 Å². The van der Waals surface area contributed by atoms with Gasteiger partial charge in [0.1, 0.15) is 5.82 Å². The van der Waals surface area contributed by atoms with Crippen LogP contribution in [0.2, 0.25) is 5.02 Å². The molecule has 1 aliphatic heterocycles. The van der Waals surface area contributed by atoms with Crippen molar-refractivity contribution in [1.82, 2.24) is 20.0 Å². The van der Waals surface area contributed by atoms with Crippen LogP contribution in [0.4, 0.5) is 4.39 Å². The predicted octanol–water partition coefficient (Wildman–Crippen LogP) is 3.75. The maximum atomic E-state index is 14.0. The number of piperazine rings is 1. The Bertz CT molecular complexity index is 1120. The van der Waals surface area contributed by atoms with E-state index in [1.807, 2.05) is 31.2 Å². The number of benzene rings is 2. The number of carbonyl (C=O) groups is 2. The fourth-order valence-electron chi connectivity index (χ4n) is 3.53. The van der Waals surface area contributed by atoms with Gasteiger partial charge in [0.05, 0.1) is 5.56 Å². The molecular weight excluding hydrogens is 435 g/mol. The van der Waals surface area contributed by atoms with Gasteiger partial charge in [0.2, 0.25) is 17.7 Å². The van der Waals surface area contributed by atoms with Crippen LogP contribution in [0.3, 0.4) is 0 Å². The summed E-state index contributed by atoms with van der Waals surface area (Å²) >= 11 is 5.88. The Morgan fingerprint density at radius 1 is 1.03 bits per heavy atom. The van der Waals surface area contributed by atoms with Gasteiger partial charge in [-0.05, 0) is 37.3 Å². The molecule has 0 atom stereocenters. The Morgan fingerprint density at radius 3 is 2.44 bits per heavy atom. The number of amides is 2. The monoisotopic (exact) mass is 456 g/mol. The minimum Gasteiger partial charge on any atom is -0.421 e.